The number of carbonyl (C=O) groups is 1. The first-order valence-corrected chi connectivity index (χ1v) is 4.58. The van der Waals surface area contributed by atoms with Gasteiger partial charge in [-0.3, -0.25) is 4.79 Å². The number of benzene rings is 1. The number of rotatable bonds is 4. The maximum absolute atomic E-state index is 13.6. The van der Waals surface area contributed by atoms with Crippen molar-refractivity contribution in [3.05, 3.63) is 24.0 Å². The largest absolute Gasteiger partial charge is 0.491 e. The minimum Gasteiger partial charge on any atom is -0.491 e. The van der Waals surface area contributed by atoms with E-state index in [2.05, 4.69) is 10.5 Å². The summed E-state index contributed by atoms with van der Waals surface area (Å²) in [6.07, 6.45) is 0.632. The molecule has 0 saturated carbocycles. The van der Waals surface area contributed by atoms with Gasteiger partial charge < -0.3 is 15.3 Å². The normalized spacial score (nSPS) is 10.4. The predicted octanol–water partition coefficient (Wildman–Crippen LogP) is 1.62. The molecule has 16 heavy (non-hydrogen) atoms. The Morgan fingerprint density at radius 3 is 3.06 bits per heavy atom. The number of anilines is 1. The zero-order valence-corrected chi connectivity index (χ0v) is 8.61. The molecule has 0 aliphatic heterocycles. The van der Waals surface area contributed by atoms with Gasteiger partial charge in [-0.2, -0.15) is 0 Å². The van der Waals surface area contributed by atoms with Gasteiger partial charge in [-0.1, -0.05) is 11.2 Å². The first kappa shape index (κ1) is 12.0. The van der Waals surface area contributed by atoms with Gasteiger partial charge in [-0.15, -0.1) is 0 Å². The second-order valence-corrected chi connectivity index (χ2v) is 2.78. The molecule has 1 rings (SSSR count). The average Bonchev–Trinajstić information content (AvgIpc) is 2.24. The second kappa shape index (κ2) is 5.69. The summed E-state index contributed by atoms with van der Waals surface area (Å²) in [5.74, 6) is -1.33. The van der Waals surface area contributed by atoms with Gasteiger partial charge in [0, 0.05) is 0 Å². The van der Waals surface area contributed by atoms with E-state index in [1.54, 1.807) is 13.0 Å². The van der Waals surface area contributed by atoms with E-state index in [9.17, 15) is 9.18 Å². The van der Waals surface area contributed by atoms with Gasteiger partial charge in [-0.25, -0.2) is 4.39 Å². The number of carbonyl (C=O) groups excluding carboxylic acids is 1. The van der Waals surface area contributed by atoms with Gasteiger partial charge in [0.15, 0.2) is 11.6 Å². The summed E-state index contributed by atoms with van der Waals surface area (Å²) in [5.41, 5.74) is -0.0316. The molecule has 1 aromatic rings. The molecule has 0 aromatic heterocycles. The van der Waals surface area contributed by atoms with E-state index in [0.717, 1.165) is 0 Å². The minimum atomic E-state index is -0.727. The van der Waals surface area contributed by atoms with Gasteiger partial charge in [0.1, 0.15) is 6.21 Å². The highest BCUT2D eigenvalue weighted by Gasteiger charge is 2.10. The lowest BCUT2D eigenvalue weighted by atomic mass is 10.3. The molecule has 0 heterocycles. The van der Waals surface area contributed by atoms with Crippen LogP contribution in [0.3, 0.4) is 0 Å². The molecule has 0 radical (unpaired) electrons. The fourth-order valence-electron chi connectivity index (χ4n) is 1.09. The van der Waals surface area contributed by atoms with E-state index >= 15 is 0 Å². The third-order valence-corrected chi connectivity index (χ3v) is 1.70. The molecule has 2 N–H and O–H groups in total. The van der Waals surface area contributed by atoms with Gasteiger partial charge in [0.05, 0.1) is 12.3 Å². The molecule has 6 heteroatoms. The molecular weight excluding hydrogens is 215 g/mol. The Morgan fingerprint density at radius 1 is 1.69 bits per heavy atom. The smallest absolute Gasteiger partial charge is 0.270 e. The summed E-state index contributed by atoms with van der Waals surface area (Å²) < 4.78 is 18.6. The van der Waals surface area contributed by atoms with Crippen molar-refractivity contribution < 1.29 is 19.1 Å². The Hall–Kier alpha value is -2.11. The number of amides is 1. The molecule has 0 fully saturated rings. The third kappa shape index (κ3) is 2.94. The number of hydrogen-bond acceptors (Lipinski definition) is 4. The van der Waals surface area contributed by atoms with Gasteiger partial charge in [0.2, 0.25) is 0 Å². The quantitative estimate of drug-likeness (QED) is 0.465. The molecule has 0 atom stereocenters. The van der Waals surface area contributed by atoms with Crippen molar-refractivity contribution in [1.82, 2.24) is 0 Å². The highest BCUT2D eigenvalue weighted by molar-refractivity contribution is 6.31. The first-order valence-electron chi connectivity index (χ1n) is 4.58. The highest BCUT2D eigenvalue weighted by Crippen LogP contribution is 2.24. The van der Waals surface area contributed by atoms with Crippen LogP contribution < -0.4 is 10.1 Å². The van der Waals surface area contributed by atoms with Gasteiger partial charge >= 0.3 is 0 Å². The summed E-state index contributed by atoms with van der Waals surface area (Å²) in [7, 11) is 0. The molecule has 0 aliphatic carbocycles. The molecule has 0 saturated heterocycles. The number of ether oxygens (including phenoxy) is 1. The van der Waals surface area contributed by atoms with E-state index in [4.69, 9.17) is 9.94 Å². The zero-order chi connectivity index (χ0) is 12.0. The number of halogens is 1. The lowest BCUT2D eigenvalue weighted by Crippen LogP contribution is -2.14. The summed E-state index contributed by atoms with van der Waals surface area (Å²) in [5, 5.41) is 12.8. The van der Waals surface area contributed by atoms with Crippen molar-refractivity contribution in [3.63, 3.8) is 0 Å². The topological polar surface area (TPSA) is 70.9 Å². The van der Waals surface area contributed by atoms with Crippen LogP contribution in [-0.4, -0.2) is 23.9 Å². The van der Waals surface area contributed by atoms with Crippen LogP contribution in [0.25, 0.3) is 0 Å². The Labute approximate surface area is 91.5 Å². The standard InChI is InChI=1S/C10H11FN2O3/c1-2-16-8-5-3-4-7(10(8)11)13-9(14)6-12-15/h3-6,15H,2H2,1H3,(H,13,14)/b12-6+. The van der Waals surface area contributed by atoms with Crippen molar-refractivity contribution in [2.45, 2.75) is 6.92 Å². The van der Waals surface area contributed by atoms with E-state index in [1.807, 2.05) is 0 Å². The lowest BCUT2D eigenvalue weighted by molar-refractivity contribution is -0.110. The summed E-state index contributed by atoms with van der Waals surface area (Å²) in [4.78, 5) is 11.0. The van der Waals surface area contributed by atoms with Crippen molar-refractivity contribution in [3.8, 4) is 5.75 Å². The maximum atomic E-state index is 13.6. The molecule has 1 aromatic carbocycles. The van der Waals surface area contributed by atoms with Crippen molar-refractivity contribution >= 4 is 17.8 Å². The highest BCUT2D eigenvalue weighted by atomic mass is 19.1. The van der Waals surface area contributed by atoms with Crippen molar-refractivity contribution in [1.29, 1.82) is 0 Å². The van der Waals surface area contributed by atoms with Crippen molar-refractivity contribution in [2.24, 2.45) is 5.16 Å². The first-order chi connectivity index (χ1) is 7.69. The van der Waals surface area contributed by atoms with Crippen LogP contribution in [0.4, 0.5) is 10.1 Å². The Balaban J connectivity index is 2.88. The van der Waals surface area contributed by atoms with E-state index in [0.29, 0.717) is 12.8 Å². The van der Waals surface area contributed by atoms with Crippen LogP contribution in [-0.2, 0) is 4.79 Å². The Kier molecular flexibility index (Phi) is 4.26. The Morgan fingerprint density at radius 2 is 2.44 bits per heavy atom. The number of hydrogen-bond donors (Lipinski definition) is 2. The molecular formula is C10H11FN2O3. The minimum absolute atomic E-state index is 0.0316. The molecule has 1 amide bonds. The van der Waals surface area contributed by atoms with Crippen LogP contribution in [0, 0.1) is 5.82 Å². The summed E-state index contributed by atoms with van der Waals surface area (Å²) in [6, 6.07) is 4.37. The zero-order valence-electron chi connectivity index (χ0n) is 8.61. The lowest BCUT2D eigenvalue weighted by Gasteiger charge is -2.08. The molecule has 86 valence electrons. The van der Waals surface area contributed by atoms with Crippen LogP contribution >= 0.6 is 0 Å². The summed E-state index contributed by atoms with van der Waals surface area (Å²) in [6.45, 7) is 2.05. The summed E-state index contributed by atoms with van der Waals surface area (Å²) >= 11 is 0. The molecule has 0 spiro atoms. The SMILES string of the molecule is CCOc1cccc(NC(=O)/C=N/O)c1F. The van der Waals surface area contributed by atoms with Crippen molar-refractivity contribution in [2.75, 3.05) is 11.9 Å². The third-order valence-electron chi connectivity index (χ3n) is 1.70. The fourth-order valence-corrected chi connectivity index (χ4v) is 1.09. The van der Waals surface area contributed by atoms with E-state index in [-0.39, 0.29) is 11.4 Å². The van der Waals surface area contributed by atoms with E-state index < -0.39 is 11.7 Å². The molecule has 0 aliphatic rings. The van der Waals surface area contributed by atoms with E-state index in [1.165, 1.54) is 12.1 Å². The fraction of sp³-hybridized carbons (Fsp3) is 0.200. The van der Waals surface area contributed by atoms with Gasteiger partial charge in [-0.05, 0) is 19.1 Å². The molecule has 0 bridgehead atoms. The monoisotopic (exact) mass is 226 g/mol. The van der Waals surface area contributed by atoms with Crippen LogP contribution in [0.1, 0.15) is 6.92 Å². The van der Waals surface area contributed by atoms with Crippen LogP contribution in [0.5, 0.6) is 5.75 Å². The number of nitrogens with one attached hydrogen (secondary N) is 1. The van der Waals surface area contributed by atoms with Crippen LogP contribution in [0.2, 0.25) is 0 Å². The maximum Gasteiger partial charge on any atom is 0.270 e. The average molecular weight is 226 g/mol. The molecule has 5 nitrogen and oxygen atoms in total. The predicted molar refractivity (Wildman–Crippen MR) is 56.5 cm³/mol. The number of nitrogens with zero attached hydrogens (tertiary/aromatic N) is 1. The molecule has 0 unspecified atom stereocenters. The van der Waals surface area contributed by atoms with Gasteiger partial charge in [0.25, 0.3) is 5.91 Å². The number of oxime groups is 1. The second-order valence-electron chi connectivity index (χ2n) is 2.78. The van der Waals surface area contributed by atoms with Crippen LogP contribution in [0.15, 0.2) is 23.4 Å². The Bertz CT molecular complexity index is 407.